The standard InChI is InChI=1S/C21H23N3O4S/c22-15-17-3-1-4-18(13-17)16-23-7-9-24(10-8-23)29(25,26)19-5-6-20-21(14-19)28-12-2-11-27-20/h1,3-6,13-14H,2,7-12,16H2/p+1. The molecular weight excluding hydrogens is 390 g/mol. The van der Waals surface area contributed by atoms with E-state index >= 15 is 0 Å². The molecule has 0 radical (unpaired) electrons. The minimum absolute atomic E-state index is 0.243. The van der Waals surface area contributed by atoms with Crippen molar-refractivity contribution in [1.29, 1.82) is 5.26 Å². The number of hydrogen-bond donors (Lipinski definition) is 1. The zero-order valence-corrected chi connectivity index (χ0v) is 17.0. The lowest BCUT2D eigenvalue weighted by atomic mass is 10.1. The van der Waals surface area contributed by atoms with E-state index in [9.17, 15) is 8.42 Å². The Hall–Kier alpha value is -2.60. The number of ether oxygens (including phenoxy) is 2. The van der Waals surface area contributed by atoms with E-state index in [1.165, 1.54) is 4.90 Å². The maximum Gasteiger partial charge on any atom is 0.243 e. The minimum atomic E-state index is -3.57. The highest BCUT2D eigenvalue weighted by atomic mass is 32.2. The highest BCUT2D eigenvalue weighted by Crippen LogP contribution is 2.32. The Morgan fingerprint density at radius 3 is 2.55 bits per heavy atom. The third-order valence-corrected chi connectivity index (χ3v) is 7.19. The quantitative estimate of drug-likeness (QED) is 0.801. The third kappa shape index (κ3) is 4.37. The van der Waals surface area contributed by atoms with Crippen molar-refractivity contribution in [1.82, 2.24) is 4.31 Å². The molecule has 2 aliphatic heterocycles. The van der Waals surface area contributed by atoms with Crippen molar-refractivity contribution >= 4 is 10.0 Å². The van der Waals surface area contributed by atoms with Gasteiger partial charge in [0.2, 0.25) is 10.0 Å². The molecule has 152 valence electrons. The minimum Gasteiger partial charge on any atom is -0.490 e. The van der Waals surface area contributed by atoms with Crippen LogP contribution in [0.4, 0.5) is 0 Å². The molecule has 8 heteroatoms. The molecule has 0 spiro atoms. The normalized spacial score (nSPS) is 18.0. The van der Waals surface area contributed by atoms with Gasteiger partial charge in [0, 0.05) is 18.1 Å². The van der Waals surface area contributed by atoms with Crippen molar-refractivity contribution in [3.63, 3.8) is 0 Å². The molecule has 0 aliphatic carbocycles. The first-order valence-electron chi connectivity index (χ1n) is 9.79. The van der Waals surface area contributed by atoms with Crippen LogP contribution in [0.3, 0.4) is 0 Å². The first-order valence-corrected chi connectivity index (χ1v) is 11.2. The number of piperazine rings is 1. The maximum atomic E-state index is 13.1. The van der Waals surface area contributed by atoms with Crippen molar-refractivity contribution in [3.05, 3.63) is 53.6 Å². The number of sulfonamides is 1. The summed E-state index contributed by atoms with van der Waals surface area (Å²) in [7, 11) is -3.57. The molecule has 0 unspecified atom stereocenters. The summed E-state index contributed by atoms with van der Waals surface area (Å²) in [5.74, 6) is 1.08. The summed E-state index contributed by atoms with van der Waals surface area (Å²) in [6.07, 6.45) is 0.777. The van der Waals surface area contributed by atoms with Gasteiger partial charge in [-0.05, 0) is 24.3 Å². The van der Waals surface area contributed by atoms with Gasteiger partial charge in [0.15, 0.2) is 11.5 Å². The molecule has 29 heavy (non-hydrogen) atoms. The van der Waals surface area contributed by atoms with Gasteiger partial charge in [0.1, 0.15) is 6.54 Å². The van der Waals surface area contributed by atoms with Gasteiger partial charge in [-0.15, -0.1) is 0 Å². The van der Waals surface area contributed by atoms with Gasteiger partial charge in [-0.25, -0.2) is 8.42 Å². The van der Waals surface area contributed by atoms with Crippen LogP contribution in [0.1, 0.15) is 17.5 Å². The van der Waals surface area contributed by atoms with Gasteiger partial charge < -0.3 is 14.4 Å². The molecule has 1 fully saturated rings. The maximum absolute atomic E-state index is 13.1. The number of nitrogens with zero attached hydrogens (tertiary/aromatic N) is 2. The summed E-state index contributed by atoms with van der Waals surface area (Å²) in [6.45, 7) is 4.25. The predicted octanol–water partition coefficient (Wildman–Crippen LogP) is 0.809. The highest BCUT2D eigenvalue weighted by molar-refractivity contribution is 7.89. The Kier molecular flexibility index (Phi) is 5.72. The van der Waals surface area contributed by atoms with Crippen LogP contribution in [0.2, 0.25) is 0 Å². The van der Waals surface area contributed by atoms with Crippen molar-refractivity contribution in [2.75, 3.05) is 39.4 Å². The highest BCUT2D eigenvalue weighted by Gasteiger charge is 2.31. The summed E-state index contributed by atoms with van der Waals surface area (Å²) in [5, 5.41) is 9.04. The lowest BCUT2D eigenvalue weighted by Gasteiger charge is -2.31. The molecule has 0 amide bonds. The molecule has 1 N–H and O–H groups in total. The van der Waals surface area contributed by atoms with Crippen LogP contribution in [-0.2, 0) is 16.6 Å². The van der Waals surface area contributed by atoms with Gasteiger partial charge in [-0.3, -0.25) is 0 Å². The van der Waals surface area contributed by atoms with Crippen LogP contribution < -0.4 is 14.4 Å². The molecule has 2 heterocycles. The fourth-order valence-electron chi connectivity index (χ4n) is 3.71. The zero-order chi connectivity index (χ0) is 20.3. The molecule has 0 atom stereocenters. The summed E-state index contributed by atoms with van der Waals surface area (Å²) >= 11 is 0. The Bertz CT molecular complexity index is 1020. The van der Waals surface area contributed by atoms with Crippen molar-refractivity contribution in [2.45, 2.75) is 17.9 Å². The first-order chi connectivity index (χ1) is 14.1. The van der Waals surface area contributed by atoms with E-state index in [-0.39, 0.29) is 4.90 Å². The van der Waals surface area contributed by atoms with Gasteiger partial charge in [-0.1, -0.05) is 12.1 Å². The summed E-state index contributed by atoms with van der Waals surface area (Å²) in [6, 6.07) is 14.6. The van der Waals surface area contributed by atoms with Crippen LogP contribution in [0.5, 0.6) is 11.5 Å². The van der Waals surface area contributed by atoms with Crippen LogP contribution in [-0.4, -0.2) is 52.1 Å². The second kappa shape index (κ2) is 8.41. The molecule has 2 aromatic rings. The van der Waals surface area contributed by atoms with E-state index in [0.29, 0.717) is 43.4 Å². The molecule has 0 bridgehead atoms. The van der Waals surface area contributed by atoms with Gasteiger partial charge in [0.25, 0.3) is 0 Å². The van der Waals surface area contributed by atoms with E-state index in [2.05, 4.69) is 6.07 Å². The van der Waals surface area contributed by atoms with E-state index < -0.39 is 10.0 Å². The fourth-order valence-corrected chi connectivity index (χ4v) is 5.17. The molecule has 1 saturated heterocycles. The van der Waals surface area contributed by atoms with E-state index in [1.54, 1.807) is 28.6 Å². The Balaban J connectivity index is 1.42. The molecule has 0 saturated carbocycles. The number of fused-ring (bicyclic) bond motifs is 1. The molecule has 4 rings (SSSR count). The molecule has 2 aromatic carbocycles. The first kappa shape index (κ1) is 19.7. The Morgan fingerprint density at radius 1 is 1.03 bits per heavy atom. The molecular formula is C21H24N3O4S+. The fraction of sp³-hybridized carbons (Fsp3) is 0.381. The molecule has 0 aromatic heterocycles. The number of benzene rings is 2. The SMILES string of the molecule is N#Cc1cccc(C[NH+]2CCN(S(=O)(=O)c3ccc4c(c3)OCCCO4)CC2)c1. The predicted molar refractivity (Wildman–Crippen MR) is 106 cm³/mol. The summed E-state index contributed by atoms with van der Waals surface area (Å²) in [5.41, 5.74) is 1.75. The Labute approximate surface area is 171 Å². The van der Waals surface area contributed by atoms with E-state index in [4.69, 9.17) is 14.7 Å². The van der Waals surface area contributed by atoms with E-state index in [0.717, 1.165) is 31.6 Å². The monoisotopic (exact) mass is 414 g/mol. The van der Waals surface area contributed by atoms with Crippen molar-refractivity contribution < 1.29 is 22.8 Å². The van der Waals surface area contributed by atoms with Gasteiger partial charge >= 0.3 is 0 Å². The van der Waals surface area contributed by atoms with Crippen LogP contribution in [0.25, 0.3) is 0 Å². The average Bonchev–Trinajstić information content (AvgIpc) is 2.99. The summed E-state index contributed by atoms with van der Waals surface area (Å²) in [4.78, 5) is 1.55. The van der Waals surface area contributed by atoms with Gasteiger partial charge in [0.05, 0.1) is 55.9 Å². The topological polar surface area (TPSA) is 84.1 Å². The third-order valence-electron chi connectivity index (χ3n) is 5.30. The number of nitriles is 1. The number of rotatable bonds is 4. The number of quaternary nitrogens is 1. The number of nitrogens with one attached hydrogen (secondary N) is 1. The molecule has 7 nitrogen and oxygen atoms in total. The van der Waals surface area contributed by atoms with Crippen LogP contribution >= 0.6 is 0 Å². The van der Waals surface area contributed by atoms with Gasteiger partial charge in [-0.2, -0.15) is 9.57 Å². The number of hydrogen-bond acceptors (Lipinski definition) is 5. The smallest absolute Gasteiger partial charge is 0.243 e. The molecule has 2 aliphatic rings. The van der Waals surface area contributed by atoms with Crippen LogP contribution in [0.15, 0.2) is 47.4 Å². The second-order valence-electron chi connectivity index (χ2n) is 7.30. The van der Waals surface area contributed by atoms with Crippen LogP contribution in [0, 0.1) is 11.3 Å². The zero-order valence-electron chi connectivity index (χ0n) is 16.1. The van der Waals surface area contributed by atoms with Crippen molar-refractivity contribution in [3.8, 4) is 17.6 Å². The van der Waals surface area contributed by atoms with Crippen molar-refractivity contribution in [2.24, 2.45) is 0 Å². The largest absolute Gasteiger partial charge is 0.490 e. The Morgan fingerprint density at radius 2 is 1.79 bits per heavy atom. The lowest BCUT2D eigenvalue weighted by Crippen LogP contribution is -3.13. The average molecular weight is 415 g/mol. The van der Waals surface area contributed by atoms with E-state index in [1.807, 2.05) is 18.2 Å². The second-order valence-corrected chi connectivity index (χ2v) is 9.24. The lowest BCUT2D eigenvalue weighted by molar-refractivity contribution is -0.917. The summed E-state index contributed by atoms with van der Waals surface area (Å²) < 4.78 is 39.0.